The van der Waals surface area contributed by atoms with Crippen molar-refractivity contribution in [3.05, 3.63) is 206 Å². The molecule has 3 heterocycles. The molecular formula is C56H34N2S. The Kier molecular flexibility index (Phi) is 6.92. The van der Waals surface area contributed by atoms with Crippen LogP contribution in [0, 0.1) is 0 Å². The highest BCUT2D eigenvalue weighted by atomic mass is 32.1. The molecule has 0 aliphatic carbocycles. The van der Waals surface area contributed by atoms with Crippen LogP contribution in [0.2, 0.25) is 0 Å². The summed E-state index contributed by atoms with van der Waals surface area (Å²) in [5, 5.41) is 12.7. The van der Waals surface area contributed by atoms with Crippen molar-refractivity contribution >= 4 is 96.7 Å². The van der Waals surface area contributed by atoms with Crippen molar-refractivity contribution in [2.45, 2.75) is 0 Å². The van der Waals surface area contributed by atoms with Crippen LogP contribution < -0.4 is 0 Å². The van der Waals surface area contributed by atoms with Gasteiger partial charge in [0.25, 0.3) is 0 Å². The number of hydrogen-bond donors (Lipinski definition) is 0. The Balaban J connectivity index is 0.980. The Morgan fingerprint density at radius 1 is 0.305 bits per heavy atom. The van der Waals surface area contributed by atoms with E-state index in [0.29, 0.717) is 0 Å². The Hall–Kier alpha value is -7.46. The maximum Gasteiger partial charge on any atom is 0.0619 e. The first-order chi connectivity index (χ1) is 29.2. The van der Waals surface area contributed by atoms with E-state index in [4.69, 9.17) is 0 Å². The van der Waals surface area contributed by atoms with Gasteiger partial charge in [0.05, 0.1) is 27.8 Å². The first-order valence-corrected chi connectivity index (χ1v) is 21.1. The van der Waals surface area contributed by atoms with E-state index >= 15 is 0 Å². The van der Waals surface area contributed by atoms with Gasteiger partial charge in [-0.05, 0) is 105 Å². The molecule has 0 atom stereocenters. The number of thiophene rings is 1. The summed E-state index contributed by atoms with van der Waals surface area (Å²) in [6.07, 6.45) is 0. The largest absolute Gasteiger partial charge is 0.309 e. The molecule has 274 valence electrons. The molecule has 59 heavy (non-hydrogen) atoms. The Morgan fingerprint density at radius 2 is 0.881 bits per heavy atom. The summed E-state index contributed by atoms with van der Waals surface area (Å²) in [5.41, 5.74) is 12.1. The molecule has 3 heteroatoms. The number of nitrogens with zero attached hydrogens (tertiary/aromatic N) is 2. The fraction of sp³-hybridized carbons (Fsp3) is 0. The zero-order chi connectivity index (χ0) is 38.6. The van der Waals surface area contributed by atoms with E-state index in [2.05, 4.69) is 215 Å². The van der Waals surface area contributed by atoms with Crippen LogP contribution in [0.25, 0.3) is 119 Å². The fourth-order valence-corrected chi connectivity index (χ4v) is 10.9. The molecule has 0 amide bonds. The van der Waals surface area contributed by atoms with E-state index in [1.54, 1.807) is 0 Å². The number of rotatable bonds is 4. The number of para-hydroxylation sites is 1. The van der Waals surface area contributed by atoms with Gasteiger partial charge < -0.3 is 9.13 Å². The molecule has 13 rings (SSSR count). The summed E-state index contributed by atoms with van der Waals surface area (Å²) in [6, 6.07) is 76.3. The summed E-state index contributed by atoms with van der Waals surface area (Å²) in [4.78, 5) is 0. The SMILES string of the molecule is c1ccc2cc(-c3ccc(-n4c5ccccc5c5cc(-c6ccc7c(c6)c6ccc8ccccc8c6n7-c6cccc7sc8ccccc8c67)ccc54)cc3)ccc2c1. The second-order valence-corrected chi connectivity index (χ2v) is 16.8. The molecule has 0 aliphatic heterocycles. The van der Waals surface area contributed by atoms with Crippen molar-refractivity contribution in [2.24, 2.45) is 0 Å². The lowest BCUT2D eigenvalue weighted by molar-refractivity contribution is 1.18. The second-order valence-electron chi connectivity index (χ2n) is 15.7. The van der Waals surface area contributed by atoms with Gasteiger partial charge in [0.15, 0.2) is 0 Å². The number of benzene rings is 10. The van der Waals surface area contributed by atoms with Crippen LogP contribution in [0.5, 0.6) is 0 Å². The standard InChI is InChI=1S/C56H34N2S/c1-2-12-38-32-39(21-20-35(38)10-1)36-22-27-42(28-23-36)57-49-16-7-5-14-44(49)47-33-40(25-30-50(47)57)41-26-31-51-48(34-41)45-29-24-37-11-3-4-13-43(37)56(45)58(51)52-17-9-19-54-55(52)46-15-6-8-18-53(46)59-54/h1-34H. The van der Waals surface area contributed by atoms with Gasteiger partial charge in [-0.15, -0.1) is 11.3 Å². The van der Waals surface area contributed by atoms with Gasteiger partial charge in [-0.25, -0.2) is 0 Å². The van der Waals surface area contributed by atoms with E-state index in [9.17, 15) is 0 Å². The lowest BCUT2D eigenvalue weighted by Gasteiger charge is -2.12. The van der Waals surface area contributed by atoms with Gasteiger partial charge >= 0.3 is 0 Å². The van der Waals surface area contributed by atoms with Crippen LogP contribution in [-0.2, 0) is 0 Å². The number of aromatic nitrogens is 2. The average molecular weight is 767 g/mol. The Bertz CT molecular complexity index is 3840. The van der Waals surface area contributed by atoms with Crippen LogP contribution in [-0.4, -0.2) is 9.13 Å². The third-order valence-corrected chi connectivity index (χ3v) is 13.6. The maximum absolute atomic E-state index is 2.53. The van der Waals surface area contributed by atoms with Gasteiger partial charge in [0.1, 0.15) is 0 Å². The van der Waals surface area contributed by atoms with E-state index in [1.807, 2.05) is 11.3 Å². The molecule has 0 spiro atoms. The summed E-state index contributed by atoms with van der Waals surface area (Å²) in [6.45, 7) is 0. The summed E-state index contributed by atoms with van der Waals surface area (Å²) < 4.78 is 7.57. The lowest BCUT2D eigenvalue weighted by Crippen LogP contribution is -1.95. The van der Waals surface area contributed by atoms with E-state index in [0.717, 1.165) is 5.69 Å². The first kappa shape index (κ1) is 32.6. The summed E-state index contributed by atoms with van der Waals surface area (Å²) in [7, 11) is 0. The molecule has 3 aromatic heterocycles. The van der Waals surface area contributed by atoms with E-state index < -0.39 is 0 Å². The normalized spacial score (nSPS) is 12.1. The van der Waals surface area contributed by atoms with Crippen molar-refractivity contribution in [2.75, 3.05) is 0 Å². The van der Waals surface area contributed by atoms with Crippen molar-refractivity contribution in [1.29, 1.82) is 0 Å². The molecular weight excluding hydrogens is 733 g/mol. The third kappa shape index (κ3) is 4.86. The molecule has 0 radical (unpaired) electrons. The molecule has 0 unspecified atom stereocenters. The second kappa shape index (κ2) is 12.5. The first-order valence-electron chi connectivity index (χ1n) is 20.2. The molecule has 0 saturated heterocycles. The minimum absolute atomic E-state index is 1.16. The van der Waals surface area contributed by atoms with Crippen LogP contribution in [0.4, 0.5) is 0 Å². The van der Waals surface area contributed by atoms with Crippen molar-refractivity contribution in [1.82, 2.24) is 9.13 Å². The fourth-order valence-electron chi connectivity index (χ4n) is 9.76. The molecule has 2 nitrogen and oxygen atoms in total. The average Bonchev–Trinajstić information content (AvgIpc) is 3.96. The van der Waals surface area contributed by atoms with E-state index in [1.165, 1.54) is 113 Å². The van der Waals surface area contributed by atoms with Crippen molar-refractivity contribution in [3.63, 3.8) is 0 Å². The lowest BCUT2D eigenvalue weighted by atomic mass is 10.00. The van der Waals surface area contributed by atoms with Gasteiger partial charge in [-0.3, -0.25) is 0 Å². The molecule has 13 aromatic rings. The minimum atomic E-state index is 1.16. The highest BCUT2D eigenvalue weighted by Crippen LogP contribution is 2.44. The predicted octanol–water partition coefficient (Wildman–Crippen LogP) is 15.9. The molecule has 10 aromatic carbocycles. The Labute approximate surface area is 344 Å². The molecule has 0 bridgehead atoms. The van der Waals surface area contributed by atoms with Gasteiger partial charge in [0.2, 0.25) is 0 Å². The third-order valence-electron chi connectivity index (χ3n) is 12.5. The minimum Gasteiger partial charge on any atom is -0.309 e. The summed E-state index contributed by atoms with van der Waals surface area (Å²) in [5.74, 6) is 0. The molecule has 0 N–H and O–H groups in total. The van der Waals surface area contributed by atoms with Crippen molar-refractivity contribution < 1.29 is 0 Å². The smallest absolute Gasteiger partial charge is 0.0619 e. The molecule has 0 aliphatic rings. The highest BCUT2D eigenvalue weighted by molar-refractivity contribution is 7.25. The summed E-state index contributed by atoms with van der Waals surface area (Å²) >= 11 is 1.87. The number of hydrogen-bond acceptors (Lipinski definition) is 1. The topological polar surface area (TPSA) is 9.86 Å². The van der Waals surface area contributed by atoms with Gasteiger partial charge in [-0.2, -0.15) is 0 Å². The molecule has 0 saturated carbocycles. The monoisotopic (exact) mass is 766 g/mol. The van der Waals surface area contributed by atoms with E-state index in [-0.39, 0.29) is 0 Å². The Morgan fingerprint density at radius 3 is 1.71 bits per heavy atom. The van der Waals surface area contributed by atoms with Gasteiger partial charge in [-0.1, -0.05) is 140 Å². The highest BCUT2D eigenvalue weighted by Gasteiger charge is 2.20. The predicted molar refractivity (Wildman–Crippen MR) is 254 cm³/mol. The van der Waals surface area contributed by atoms with Crippen LogP contribution >= 0.6 is 11.3 Å². The quantitative estimate of drug-likeness (QED) is 0.169. The number of fused-ring (bicyclic) bond motifs is 12. The zero-order valence-corrected chi connectivity index (χ0v) is 32.7. The van der Waals surface area contributed by atoms with Gasteiger partial charge in [0, 0.05) is 52.8 Å². The van der Waals surface area contributed by atoms with Crippen LogP contribution in [0.1, 0.15) is 0 Å². The van der Waals surface area contributed by atoms with Crippen LogP contribution in [0.3, 0.4) is 0 Å². The zero-order valence-electron chi connectivity index (χ0n) is 31.9. The van der Waals surface area contributed by atoms with Crippen molar-refractivity contribution in [3.8, 4) is 33.6 Å². The molecule has 0 fully saturated rings. The maximum atomic E-state index is 2.53. The van der Waals surface area contributed by atoms with Crippen LogP contribution in [0.15, 0.2) is 206 Å².